The number of aliphatic hydroxyl groups excluding tert-OH is 1. The fourth-order valence-electron chi connectivity index (χ4n) is 4.87. The van der Waals surface area contributed by atoms with Gasteiger partial charge in [0.25, 0.3) is 5.91 Å². The summed E-state index contributed by atoms with van der Waals surface area (Å²) in [5.74, 6) is 0.0617. The Bertz CT molecular complexity index is 1170. The van der Waals surface area contributed by atoms with Crippen molar-refractivity contribution in [3.8, 4) is 0 Å². The first kappa shape index (κ1) is 24.6. The average Bonchev–Trinajstić information content (AvgIpc) is 3.09. The van der Waals surface area contributed by atoms with Crippen molar-refractivity contribution < 1.29 is 9.90 Å². The van der Waals surface area contributed by atoms with E-state index in [1.807, 2.05) is 35.2 Å². The number of rotatable bonds is 8. The fourth-order valence-corrected chi connectivity index (χ4v) is 5.07. The van der Waals surface area contributed by atoms with Crippen molar-refractivity contribution in [2.24, 2.45) is 0 Å². The number of aromatic nitrogens is 1. The Kier molecular flexibility index (Phi) is 7.81. The number of piperazine rings is 1. The lowest BCUT2D eigenvalue weighted by atomic mass is 10.1. The fraction of sp³-hybridized carbons (Fsp3) is 0.444. The Labute approximate surface area is 207 Å². The van der Waals surface area contributed by atoms with Gasteiger partial charge in [-0.2, -0.15) is 0 Å². The molecule has 0 spiro atoms. The molecule has 6 nitrogen and oxygen atoms in total. The van der Waals surface area contributed by atoms with E-state index >= 15 is 0 Å². The highest BCUT2D eigenvalue weighted by atomic mass is 35.5. The second kappa shape index (κ2) is 10.8. The summed E-state index contributed by atoms with van der Waals surface area (Å²) in [4.78, 5) is 17.6. The van der Waals surface area contributed by atoms with Crippen LogP contribution in [0.5, 0.6) is 0 Å². The summed E-state index contributed by atoms with van der Waals surface area (Å²) in [7, 11) is 0. The lowest BCUT2D eigenvalue weighted by Gasteiger charge is -2.34. The van der Waals surface area contributed by atoms with E-state index in [0.717, 1.165) is 53.2 Å². The van der Waals surface area contributed by atoms with E-state index in [0.29, 0.717) is 31.7 Å². The summed E-state index contributed by atoms with van der Waals surface area (Å²) in [5, 5.41) is 14.7. The molecule has 0 atom stereocenters. The van der Waals surface area contributed by atoms with Crippen LogP contribution in [0.2, 0.25) is 5.02 Å². The van der Waals surface area contributed by atoms with Crippen molar-refractivity contribution in [3.05, 3.63) is 63.8 Å². The van der Waals surface area contributed by atoms with Crippen LogP contribution in [0.15, 0.2) is 36.4 Å². The van der Waals surface area contributed by atoms with Crippen molar-refractivity contribution in [1.29, 1.82) is 0 Å². The van der Waals surface area contributed by atoms with Crippen LogP contribution in [0.3, 0.4) is 0 Å². The molecular weight excluding hydrogens is 448 g/mol. The van der Waals surface area contributed by atoms with Crippen molar-refractivity contribution in [1.82, 2.24) is 14.4 Å². The van der Waals surface area contributed by atoms with Gasteiger partial charge in [-0.05, 0) is 49.6 Å². The van der Waals surface area contributed by atoms with Crippen LogP contribution in [0.1, 0.15) is 40.5 Å². The molecule has 2 aromatic carbocycles. The van der Waals surface area contributed by atoms with Gasteiger partial charge in [0.1, 0.15) is 0 Å². The van der Waals surface area contributed by atoms with Crippen LogP contribution in [-0.4, -0.2) is 64.7 Å². The normalized spacial score (nSPS) is 14.7. The Morgan fingerprint density at radius 1 is 1.09 bits per heavy atom. The summed E-state index contributed by atoms with van der Waals surface area (Å²) in [6, 6.07) is 11.9. The number of amides is 1. The molecule has 1 aromatic heterocycles. The molecule has 7 heteroatoms. The molecule has 182 valence electrons. The topological polar surface area (TPSA) is 60.7 Å². The average molecular weight is 483 g/mol. The third kappa shape index (κ3) is 4.95. The lowest BCUT2D eigenvalue weighted by Crippen LogP contribution is -2.49. The van der Waals surface area contributed by atoms with Gasteiger partial charge in [-0.3, -0.25) is 9.69 Å². The Morgan fingerprint density at radius 3 is 2.50 bits per heavy atom. The summed E-state index contributed by atoms with van der Waals surface area (Å²) < 4.78 is 2.36. The van der Waals surface area contributed by atoms with E-state index in [1.165, 1.54) is 11.3 Å². The number of β-amino-alcohol motifs (C(OH)–C–C–N with tert-alkyl or cyclic N) is 1. The first-order valence-electron chi connectivity index (χ1n) is 12.2. The van der Waals surface area contributed by atoms with E-state index in [1.54, 1.807) is 0 Å². The molecule has 0 radical (unpaired) electrons. The molecule has 2 heterocycles. The number of aliphatic hydroxyl groups is 1. The van der Waals surface area contributed by atoms with Crippen LogP contribution in [0.25, 0.3) is 10.9 Å². The number of nitrogens with one attached hydrogen (secondary N) is 1. The van der Waals surface area contributed by atoms with Crippen molar-refractivity contribution in [3.63, 3.8) is 0 Å². The summed E-state index contributed by atoms with van der Waals surface area (Å²) in [5.41, 5.74) is 6.29. The molecule has 1 fully saturated rings. The van der Waals surface area contributed by atoms with E-state index in [-0.39, 0.29) is 12.5 Å². The van der Waals surface area contributed by atoms with Crippen LogP contribution in [0.4, 0.5) is 5.69 Å². The Morgan fingerprint density at radius 2 is 1.82 bits per heavy atom. The zero-order valence-corrected chi connectivity index (χ0v) is 21.2. The van der Waals surface area contributed by atoms with Gasteiger partial charge in [0.05, 0.1) is 17.8 Å². The molecule has 34 heavy (non-hydrogen) atoms. The van der Waals surface area contributed by atoms with E-state index in [4.69, 9.17) is 11.6 Å². The minimum absolute atomic E-state index is 0.0617. The second-order valence-electron chi connectivity index (χ2n) is 9.08. The highest BCUT2D eigenvalue weighted by Gasteiger charge is 2.24. The van der Waals surface area contributed by atoms with E-state index < -0.39 is 0 Å². The molecule has 1 saturated heterocycles. The molecule has 0 saturated carbocycles. The number of halogens is 1. The summed E-state index contributed by atoms with van der Waals surface area (Å²) in [6.45, 7) is 11.7. The lowest BCUT2D eigenvalue weighted by molar-refractivity contribution is 0.0615. The number of hydrogen-bond acceptors (Lipinski definition) is 4. The van der Waals surface area contributed by atoms with Gasteiger partial charge < -0.3 is 19.9 Å². The highest BCUT2D eigenvalue weighted by Crippen LogP contribution is 2.34. The van der Waals surface area contributed by atoms with Crippen LogP contribution in [0, 0.1) is 13.8 Å². The standard InChI is InChI=1S/C27H35ClN4O2/c1-4-9-32-20(3)19(2)23-16-22(27(34)31-12-10-30(11-13-31)14-15-33)17-25(26(23)32)29-18-21-7-5-6-8-24(21)28/h5-8,16-17,29,33H,4,9-15,18H2,1-3H3. The minimum Gasteiger partial charge on any atom is -0.395 e. The SMILES string of the molecule is CCCn1c(C)c(C)c2cc(C(=O)N3CCN(CCO)CC3)cc(NCc3ccccc3Cl)c21. The molecular formula is C27H35ClN4O2. The van der Waals surface area contributed by atoms with E-state index in [9.17, 15) is 9.90 Å². The molecule has 0 bridgehead atoms. The molecule has 3 aromatic rings. The van der Waals surface area contributed by atoms with Gasteiger partial charge in [0.15, 0.2) is 0 Å². The van der Waals surface area contributed by atoms with Crippen molar-refractivity contribution in [2.75, 3.05) is 44.6 Å². The number of anilines is 1. The number of hydrogen-bond donors (Lipinski definition) is 2. The number of benzene rings is 2. The number of aryl methyl sites for hydroxylation is 2. The quantitative estimate of drug-likeness (QED) is 0.489. The minimum atomic E-state index is 0.0617. The first-order valence-corrected chi connectivity index (χ1v) is 12.6. The highest BCUT2D eigenvalue weighted by molar-refractivity contribution is 6.31. The largest absolute Gasteiger partial charge is 0.395 e. The predicted molar refractivity (Wildman–Crippen MR) is 140 cm³/mol. The van der Waals surface area contributed by atoms with Gasteiger partial charge in [-0.1, -0.05) is 36.7 Å². The van der Waals surface area contributed by atoms with Crippen LogP contribution < -0.4 is 5.32 Å². The molecule has 1 amide bonds. The Hall–Kier alpha value is -2.54. The number of carbonyl (C=O) groups is 1. The van der Waals surface area contributed by atoms with Gasteiger partial charge in [0, 0.05) is 67.5 Å². The molecule has 2 N–H and O–H groups in total. The monoisotopic (exact) mass is 482 g/mol. The number of fused-ring (bicyclic) bond motifs is 1. The first-order chi connectivity index (χ1) is 16.4. The maximum Gasteiger partial charge on any atom is 0.254 e. The molecule has 0 aliphatic carbocycles. The third-order valence-electron chi connectivity index (χ3n) is 6.93. The van der Waals surface area contributed by atoms with Crippen LogP contribution >= 0.6 is 11.6 Å². The van der Waals surface area contributed by atoms with E-state index in [2.05, 4.69) is 41.6 Å². The molecule has 1 aliphatic rings. The number of nitrogens with zero attached hydrogens (tertiary/aromatic N) is 3. The van der Waals surface area contributed by atoms with Gasteiger partial charge in [-0.15, -0.1) is 0 Å². The maximum atomic E-state index is 13.5. The van der Waals surface area contributed by atoms with Crippen molar-refractivity contribution in [2.45, 2.75) is 40.3 Å². The zero-order chi connectivity index (χ0) is 24.2. The predicted octanol–water partition coefficient (Wildman–Crippen LogP) is 4.68. The molecule has 1 aliphatic heterocycles. The van der Waals surface area contributed by atoms with Gasteiger partial charge in [-0.25, -0.2) is 0 Å². The zero-order valence-electron chi connectivity index (χ0n) is 20.4. The second-order valence-corrected chi connectivity index (χ2v) is 9.49. The summed E-state index contributed by atoms with van der Waals surface area (Å²) >= 11 is 6.41. The van der Waals surface area contributed by atoms with Crippen molar-refractivity contribution >= 4 is 34.1 Å². The smallest absolute Gasteiger partial charge is 0.254 e. The van der Waals surface area contributed by atoms with Crippen LogP contribution in [-0.2, 0) is 13.1 Å². The third-order valence-corrected chi connectivity index (χ3v) is 7.30. The molecule has 4 rings (SSSR count). The maximum absolute atomic E-state index is 13.5. The Balaban J connectivity index is 1.70. The van der Waals surface area contributed by atoms with Gasteiger partial charge >= 0.3 is 0 Å². The molecule has 0 unspecified atom stereocenters. The number of carbonyl (C=O) groups excluding carboxylic acids is 1. The van der Waals surface area contributed by atoms with Gasteiger partial charge in [0.2, 0.25) is 0 Å². The summed E-state index contributed by atoms with van der Waals surface area (Å²) in [6.07, 6.45) is 1.03.